The lowest BCUT2D eigenvalue weighted by Crippen LogP contribution is -2.20. The Morgan fingerprint density at radius 1 is 1.39 bits per heavy atom. The van der Waals surface area contributed by atoms with Gasteiger partial charge in [-0.25, -0.2) is 9.67 Å². The van der Waals surface area contributed by atoms with Crippen LogP contribution in [0.1, 0.15) is 26.8 Å². The maximum atomic E-state index is 11.5. The van der Waals surface area contributed by atoms with Crippen molar-refractivity contribution in [2.45, 2.75) is 32.2 Å². The second-order valence-electron chi connectivity index (χ2n) is 4.42. The van der Waals surface area contributed by atoms with Gasteiger partial charge in [-0.2, -0.15) is 5.10 Å². The van der Waals surface area contributed by atoms with E-state index in [4.69, 9.17) is 11.6 Å². The van der Waals surface area contributed by atoms with E-state index < -0.39 is 5.38 Å². The molecule has 18 heavy (non-hydrogen) atoms. The Morgan fingerprint density at radius 2 is 2.11 bits per heavy atom. The van der Waals surface area contributed by atoms with E-state index >= 15 is 0 Å². The first-order valence-corrected chi connectivity index (χ1v) is 6.21. The zero-order valence-corrected chi connectivity index (χ0v) is 11.3. The number of hydrogen-bond donors (Lipinski definition) is 1. The Balaban J connectivity index is 2.32. The van der Waals surface area contributed by atoms with Crippen molar-refractivity contribution in [2.24, 2.45) is 0 Å². The summed E-state index contributed by atoms with van der Waals surface area (Å²) in [5.41, 5.74) is 1.44. The van der Waals surface area contributed by atoms with Crippen molar-refractivity contribution >= 4 is 34.2 Å². The number of amides is 1. The van der Waals surface area contributed by atoms with Crippen LogP contribution in [0, 0.1) is 0 Å². The molecule has 1 unspecified atom stereocenters. The number of hydrogen-bond acceptors (Lipinski definition) is 3. The van der Waals surface area contributed by atoms with Gasteiger partial charge in [-0.3, -0.25) is 4.79 Å². The standard InChI is InChI=1S/C12H15ClN4O/c1-7(2)17-11-9(5-15-17)4-10(6-14-11)16-12(18)8(3)13/h4-8H,1-3H3,(H,16,18). The van der Waals surface area contributed by atoms with Crippen molar-refractivity contribution in [1.82, 2.24) is 14.8 Å². The predicted octanol–water partition coefficient (Wildman–Crippen LogP) is 2.58. The Bertz CT molecular complexity index is 576. The third-order valence-electron chi connectivity index (χ3n) is 2.55. The number of carbonyl (C=O) groups is 1. The van der Waals surface area contributed by atoms with E-state index in [0.717, 1.165) is 11.0 Å². The molecule has 96 valence electrons. The van der Waals surface area contributed by atoms with Crippen LogP contribution in [0.25, 0.3) is 11.0 Å². The molecule has 6 heteroatoms. The van der Waals surface area contributed by atoms with Crippen LogP contribution in [-0.4, -0.2) is 26.0 Å². The minimum Gasteiger partial charge on any atom is -0.323 e. The van der Waals surface area contributed by atoms with Gasteiger partial charge in [0, 0.05) is 11.4 Å². The highest BCUT2D eigenvalue weighted by atomic mass is 35.5. The van der Waals surface area contributed by atoms with E-state index in [1.807, 2.05) is 24.6 Å². The largest absolute Gasteiger partial charge is 0.323 e. The fraction of sp³-hybridized carbons (Fsp3) is 0.417. The Hall–Kier alpha value is -1.62. The summed E-state index contributed by atoms with van der Waals surface area (Å²) in [6, 6.07) is 2.09. The van der Waals surface area contributed by atoms with Crippen molar-refractivity contribution in [2.75, 3.05) is 5.32 Å². The Morgan fingerprint density at radius 3 is 2.72 bits per heavy atom. The molecular formula is C12H15ClN4O. The normalized spacial score (nSPS) is 12.9. The van der Waals surface area contributed by atoms with E-state index in [1.165, 1.54) is 0 Å². The highest BCUT2D eigenvalue weighted by Gasteiger charge is 2.11. The molecule has 0 saturated carbocycles. The maximum Gasteiger partial charge on any atom is 0.242 e. The van der Waals surface area contributed by atoms with Crippen LogP contribution in [0.5, 0.6) is 0 Å². The average Bonchev–Trinajstić information content (AvgIpc) is 2.71. The number of anilines is 1. The van der Waals surface area contributed by atoms with Gasteiger partial charge in [-0.1, -0.05) is 0 Å². The van der Waals surface area contributed by atoms with Gasteiger partial charge >= 0.3 is 0 Å². The van der Waals surface area contributed by atoms with Gasteiger partial charge < -0.3 is 5.32 Å². The number of nitrogens with one attached hydrogen (secondary N) is 1. The third-order valence-corrected chi connectivity index (χ3v) is 2.75. The molecule has 2 heterocycles. The molecule has 0 radical (unpaired) electrons. The molecular weight excluding hydrogens is 252 g/mol. The molecule has 0 aliphatic carbocycles. The van der Waals surface area contributed by atoms with Crippen LogP contribution in [0.3, 0.4) is 0 Å². The molecule has 0 aliphatic heterocycles. The first-order chi connectivity index (χ1) is 8.49. The summed E-state index contributed by atoms with van der Waals surface area (Å²) in [7, 11) is 0. The van der Waals surface area contributed by atoms with E-state index in [1.54, 1.807) is 19.3 Å². The van der Waals surface area contributed by atoms with Crippen molar-refractivity contribution in [3.05, 3.63) is 18.5 Å². The van der Waals surface area contributed by atoms with Gasteiger partial charge in [0.05, 0.1) is 18.1 Å². The fourth-order valence-corrected chi connectivity index (χ4v) is 1.68. The molecule has 1 N–H and O–H groups in total. The molecule has 0 aliphatic rings. The van der Waals surface area contributed by atoms with Gasteiger partial charge in [0.2, 0.25) is 5.91 Å². The van der Waals surface area contributed by atoms with Crippen LogP contribution in [-0.2, 0) is 4.79 Å². The minimum atomic E-state index is -0.570. The third kappa shape index (κ3) is 2.46. The SMILES string of the molecule is CC(Cl)C(=O)Nc1cnc2c(cnn2C(C)C)c1. The van der Waals surface area contributed by atoms with Crippen LogP contribution < -0.4 is 5.32 Å². The topological polar surface area (TPSA) is 59.8 Å². The summed E-state index contributed by atoms with van der Waals surface area (Å²) in [4.78, 5) is 15.8. The monoisotopic (exact) mass is 266 g/mol. The molecule has 2 aromatic heterocycles. The summed E-state index contributed by atoms with van der Waals surface area (Å²) < 4.78 is 1.84. The first kappa shape index (κ1) is 12.8. The lowest BCUT2D eigenvalue weighted by molar-refractivity contribution is -0.115. The van der Waals surface area contributed by atoms with Crippen molar-refractivity contribution in [1.29, 1.82) is 0 Å². The van der Waals surface area contributed by atoms with Gasteiger partial charge in [0.1, 0.15) is 5.38 Å². The molecule has 0 saturated heterocycles. The molecule has 2 aromatic rings. The summed E-state index contributed by atoms with van der Waals surface area (Å²) in [6.45, 7) is 5.71. The first-order valence-electron chi connectivity index (χ1n) is 5.77. The Kier molecular flexibility index (Phi) is 3.52. The second-order valence-corrected chi connectivity index (χ2v) is 5.08. The number of rotatable bonds is 3. The average molecular weight is 267 g/mol. The van der Waals surface area contributed by atoms with Gasteiger partial charge in [-0.05, 0) is 26.8 Å². The minimum absolute atomic E-state index is 0.242. The van der Waals surface area contributed by atoms with Gasteiger partial charge in [0.15, 0.2) is 5.65 Å². The van der Waals surface area contributed by atoms with Crippen molar-refractivity contribution in [3.8, 4) is 0 Å². The molecule has 0 bridgehead atoms. The molecule has 2 rings (SSSR count). The number of halogens is 1. The molecule has 0 aromatic carbocycles. The number of aromatic nitrogens is 3. The van der Waals surface area contributed by atoms with E-state index in [9.17, 15) is 4.79 Å². The molecule has 5 nitrogen and oxygen atoms in total. The lowest BCUT2D eigenvalue weighted by atomic mass is 10.3. The Labute approximate surface area is 110 Å². The molecule has 1 amide bonds. The van der Waals surface area contributed by atoms with E-state index in [-0.39, 0.29) is 11.9 Å². The van der Waals surface area contributed by atoms with E-state index in [2.05, 4.69) is 15.4 Å². The van der Waals surface area contributed by atoms with Crippen LogP contribution >= 0.6 is 11.6 Å². The quantitative estimate of drug-likeness (QED) is 0.869. The summed E-state index contributed by atoms with van der Waals surface area (Å²) in [6.07, 6.45) is 3.35. The summed E-state index contributed by atoms with van der Waals surface area (Å²) in [5, 5.41) is 7.29. The highest BCUT2D eigenvalue weighted by Crippen LogP contribution is 2.19. The number of fused-ring (bicyclic) bond motifs is 1. The lowest BCUT2D eigenvalue weighted by Gasteiger charge is -2.08. The summed E-state index contributed by atoms with van der Waals surface area (Å²) >= 11 is 5.69. The predicted molar refractivity (Wildman–Crippen MR) is 71.9 cm³/mol. The van der Waals surface area contributed by atoms with Crippen LogP contribution in [0.15, 0.2) is 18.5 Å². The zero-order chi connectivity index (χ0) is 13.3. The number of alkyl halides is 1. The maximum absolute atomic E-state index is 11.5. The van der Waals surface area contributed by atoms with E-state index in [0.29, 0.717) is 5.69 Å². The number of nitrogens with zero attached hydrogens (tertiary/aromatic N) is 3. The molecule has 0 spiro atoms. The molecule has 1 atom stereocenters. The van der Waals surface area contributed by atoms with Gasteiger partial charge in [0.25, 0.3) is 0 Å². The van der Waals surface area contributed by atoms with Crippen LogP contribution in [0.4, 0.5) is 5.69 Å². The molecule has 0 fully saturated rings. The van der Waals surface area contributed by atoms with Crippen molar-refractivity contribution in [3.63, 3.8) is 0 Å². The fourth-order valence-electron chi connectivity index (χ4n) is 1.63. The second kappa shape index (κ2) is 4.94. The van der Waals surface area contributed by atoms with Crippen LogP contribution in [0.2, 0.25) is 0 Å². The number of carbonyl (C=O) groups excluding carboxylic acids is 1. The zero-order valence-electron chi connectivity index (χ0n) is 10.5. The highest BCUT2D eigenvalue weighted by molar-refractivity contribution is 6.32. The van der Waals surface area contributed by atoms with Crippen molar-refractivity contribution < 1.29 is 4.79 Å². The van der Waals surface area contributed by atoms with Gasteiger partial charge in [-0.15, -0.1) is 11.6 Å². The summed E-state index contributed by atoms with van der Waals surface area (Å²) in [5.74, 6) is -0.242. The smallest absolute Gasteiger partial charge is 0.242 e. The number of pyridine rings is 1.